The topological polar surface area (TPSA) is 126 Å². The first-order valence-electron chi connectivity index (χ1n) is 8.15. The molecular formula is C18H20N4O4. The first-order chi connectivity index (χ1) is 12.5. The molecular weight excluding hydrogens is 336 g/mol. The summed E-state index contributed by atoms with van der Waals surface area (Å²) in [7, 11) is 2.90. The average Bonchev–Trinajstić information content (AvgIpc) is 3.03. The number of allylic oxidation sites excluding steroid dienone is 1. The van der Waals surface area contributed by atoms with Crippen LogP contribution in [0.3, 0.4) is 0 Å². The average molecular weight is 356 g/mol. The zero-order valence-corrected chi connectivity index (χ0v) is 14.8. The lowest BCUT2D eigenvalue weighted by Gasteiger charge is -2.25. The molecule has 1 aromatic heterocycles. The maximum absolute atomic E-state index is 10.2. The third-order valence-electron chi connectivity index (χ3n) is 4.35. The Balaban J connectivity index is 2.26. The van der Waals surface area contributed by atoms with Gasteiger partial charge in [0.2, 0.25) is 17.5 Å². The van der Waals surface area contributed by atoms with Crippen molar-refractivity contribution in [2.75, 3.05) is 14.2 Å². The summed E-state index contributed by atoms with van der Waals surface area (Å²) in [6.45, 7) is 2.05. The van der Waals surface area contributed by atoms with Gasteiger partial charge in [-0.1, -0.05) is 13.3 Å². The van der Waals surface area contributed by atoms with Gasteiger partial charge in [-0.15, -0.1) is 5.10 Å². The lowest BCUT2D eigenvalue weighted by Crippen LogP contribution is -2.21. The number of nitriles is 1. The summed E-state index contributed by atoms with van der Waals surface area (Å²) >= 11 is 0. The second kappa shape index (κ2) is 6.88. The number of nitrogens with two attached hydrogens (primary N) is 1. The molecule has 0 saturated carbocycles. The van der Waals surface area contributed by atoms with Gasteiger partial charge in [-0.05, 0) is 24.1 Å². The Bertz CT molecular complexity index is 885. The Labute approximate surface area is 150 Å². The van der Waals surface area contributed by atoms with E-state index in [0.29, 0.717) is 11.4 Å². The molecule has 1 aliphatic rings. The van der Waals surface area contributed by atoms with Gasteiger partial charge >= 0.3 is 0 Å². The fourth-order valence-electron chi connectivity index (χ4n) is 3.16. The molecule has 2 heterocycles. The van der Waals surface area contributed by atoms with Gasteiger partial charge in [0.25, 0.3) is 0 Å². The van der Waals surface area contributed by atoms with Gasteiger partial charge in [0.15, 0.2) is 11.5 Å². The Kier molecular flexibility index (Phi) is 4.63. The van der Waals surface area contributed by atoms with Crippen molar-refractivity contribution < 1.29 is 19.3 Å². The number of ether oxygens (including phenoxy) is 3. The van der Waals surface area contributed by atoms with Crippen molar-refractivity contribution in [3.8, 4) is 29.2 Å². The molecule has 0 spiro atoms. The number of methoxy groups -OCH3 is 2. The molecule has 1 aromatic carbocycles. The standard InChI is InChI=1S/C18H20N4O4/c1-4-5-11-15-14(10(8-19)17(20)26-18(15)22-21-11)9-6-12(24-2)16(23)13(7-9)25-3/h6-7,14,23H,4-5,20H2,1-3H3,(H,21,22). The number of benzene rings is 1. The van der Waals surface area contributed by atoms with E-state index in [1.807, 2.05) is 6.92 Å². The van der Waals surface area contributed by atoms with Crippen molar-refractivity contribution in [3.05, 3.63) is 40.4 Å². The van der Waals surface area contributed by atoms with Crippen molar-refractivity contribution in [2.24, 2.45) is 5.73 Å². The fraction of sp³-hybridized carbons (Fsp3) is 0.333. The molecule has 8 nitrogen and oxygen atoms in total. The molecule has 0 radical (unpaired) electrons. The van der Waals surface area contributed by atoms with Crippen LogP contribution in [-0.4, -0.2) is 29.5 Å². The molecule has 3 rings (SSSR count). The molecule has 1 unspecified atom stereocenters. The van der Waals surface area contributed by atoms with E-state index in [0.717, 1.165) is 24.1 Å². The summed E-state index contributed by atoms with van der Waals surface area (Å²) in [4.78, 5) is 0. The minimum absolute atomic E-state index is 0.00515. The minimum Gasteiger partial charge on any atom is -0.502 e. The van der Waals surface area contributed by atoms with Crippen LogP contribution in [0.15, 0.2) is 23.6 Å². The third kappa shape index (κ3) is 2.67. The van der Waals surface area contributed by atoms with E-state index >= 15 is 0 Å². The summed E-state index contributed by atoms with van der Waals surface area (Å²) < 4.78 is 16.0. The molecule has 4 N–H and O–H groups in total. The fourth-order valence-corrected chi connectivity index (χ4v) is 3.16. The van der Waals surface area contributed by atoms with Crippen molar-refractivity contribution in [1.82, 2.24) is 10.2 Å². The molecule has 1 aliphatic heterocycles. The third-order valence-corrected chi connectivity index (χ3v) is 4.35. The monoisotopic (exact) mass is 356 g/mol. The van der Waals surface area contributed by atoms with Crippen molar-refractivity contribution >= 4 is 0 Å². The molecule has 0 fully saturated rings. The molecule has 136 valence electrons. The van der Waals surface area contributed by atoms with Crippen LogP contribution in [0.2, 0.25) is 0 Å². The highest BCUT2D eigenvalue weighted by Crippen LogP contribution is 2.47. The van der Waals surface area contributed by atoms with Crippen LogP contribution >= 0.6 is 0 Å². The van der Waals surface area contributed by atoms with Gasteiger partial charge in [-0.3, -0.25) is 5.10 Å². The summed E-state index contributed by atoms with van der Waals surface area (Å²) in [5, 5.41) is 27.0. The summed E-state index contributed by atoms with van der Waals surface area (Å²) in [6, 6.07) is 5.45. The molecule has 0 bridgehead atoms. The largest absolute Gasteiger partial charge is 0.502 e. The zero-order valence-electron chi connectivity index (χ0n) is 14.8. The number of hydrogen-bond donors (Lipinski definition) is 3. The number of H-pyrrole nitrogens is 1. The van der Waals surface area contributed by atoms with E-state index in [4.69, 9.17) is 19.9 Å². The summed E-state index contributed by atoms with van der Waals surface area (Å²) in [6.07, 6.45) is 1.64. The molecule has 1 atom stereocenters. The summed E-state index contributed by atoms with van der Waals surface area (Å²) in [5.41, 5.74) is 8.54. The first kappa shape index (κ1) is 17.5. The van der Waals surface area contributed by atoms with Gasteiger partial charge < -0.3 is 25.1 Å². The van der Waals surface area contributed by atoms with E-state index in [2.05, 4.69) is 16.3 Å². The number of nitrogens with zero attached hydrogens (tertiary/aromatic N) is 2. The SMILES string of the molecule is CCCc1[nH]nc2c1C(c1cc(OC)c(O)c(OC)c1)C(C#N)=C(N)O2. The van der Waals surface area contributed by atoms with E-state index in [-0.39, 0.29) is 28.7 Å². The van der Waals surface area contributed by atoms with Gasteiger partial charge in [0, 0.05) is 11.3 Å². The lowest BCUT2D eigenvalue weighted by atomic mass is 9.83. The number of fused-ring (bicyclic) bond motifs is 1. The van der Waals surface area contributed by atoms with Crippen molar-refractivity contribution in [1.29, 1.82) is 5.26 Å². The number of phenols is 1. The highest BCUT2D eigenvalue weighted by Gasteiger charge is 2.35. The van der Waals surface area contributed by atoms with E-state index in [1.54, 1.807) is 12.1 Å². The van der Waals surface area contributed by atoms with Gasteiger partial charge in [0.1, 0.15) is 11.6 Å². The molecule has 0 saturated heterocycles. The smallest absolute Gasteiger partial charge is 0.244 e. The second-order valence-corrected chi connectivity index (χ2v) is 5.87. The Morgan fingerprint density at radius 2 is 2.00 bits per heavy atom. The van der Waals surface area contributed by atoms with Crippen molar-refractivity contribution in [3.63, 3.8) is 0 Å². The molecule has 2 aromatic rings. The zero-order chi connectivity index (χ0) is 18.8. The van der Waals surface area contributed by atoms with Crippen LogP contribution in [0, 0.1) is 11.3 Å². The Hall–Kier alpha value is -3.34. The number of nitrogens with one attached hydrogen (secondary N) is 1. The predicted molar refractivity (Wildman–Crippen MR) is 93.1 cm³/mol. The number of aromatic nitrogens is 2. The molecule has 0 aliphatic carbocycles. The lowest BCUT2D eigenvalue weighted by molar-refractivity contribution is 0.338. The first-order valence-corrected chi connectivity index (χ1v) is 8.15. The van der Waals surface area contributed by atoms with Crippen LogP contribution < -0.4 is 19.9 Å². The van der Waals surface area contributed by atoms with Gasteiger partial charge in [-0.2, -0.15) is 5.26 Å². The van der Waals surface area contributed by atoms with Crippen LogP contribution in [0.25, 0.3) is 0 Å². The number of hydrogen-bond acceptors (Lipinski definition) is 7. The molecule has 8 heteroatoms. The van der Waals surface area contributed by atoms with Crippen LogP contribution in [0.5, 0.6) is 23.1 Å². The second-order valence-electron chi connectivity index (χ2n) is 5.87. The highest BCUT2D eigenvalue weighted by atomic mass is 16.5. The quantitative estimate of drug-likeness (QED) is 0.750. The van der Waals surface area contributed by atoms with Crippen LogP contribution in [-0.2, 0) is 6.42 Å². The van der Waals surface area contributed by atoms with E-state index in [9.17, 15) is 10.4 Å². The number of phenolic OH excluding ortho intramolecular Hbond substituents is 1. The van der Waals surface area contributed by atoms with Gasteiger partial charge in [-0.25, -0.2) is 0 Å². The van der Waals surface area contributed by atoms with Crippen LogP contribution in [0.4, 0.5) is 0 Å². The van der Waals surface area contributed by atoms with E-state index < -0.39 is 5.92 Å². The summed E-state index contributed by atoms with van der Waals surface area (Å²) in [5.74, 6) is 0.217. The number of rotatable bonds is 5. The van der Waals surface area contributed by atoms with Gasteiger partial charge in [0.05, 0.1) is 20.1 Å². The highest BCUT2D eigenvalue weighted by molar-refractivity contribution is 5.60. The van der Waals surface area contributed by atoms with Crippen molar-refractivity contribution in [2.45, 2.75) is 25.7 Å². The van der Waals surface area contributed by atoms with Crippen LogP contribution in [0.1, 0.15) is 36.1 Å². The number of aromatic hydroxyl groups is 1. The number of aryl methyl sites for hydroxylation is 1. The Morgan fingerprint density at radius 1 is 1.35 bits per heavy atom. The Morgan fingerprint density at radius 3 is 2.54 bits per heavy atom. The number of aromatic amines is 1. The minimum atomic E-state index is -0.507. The maximum Gasteiger partial charge on any atom is 0.244 e. The molecule has 0 amide bonds. The van der Waals surface area contributed by atoms with E-state index in [1.165, 1.54) is 14.2 Å². The normalized spacial score (nSPS) is 15.8. The molecule has 26 heavy (non-hydrogen) atoms. The maximum atomic E-state index is 10.2. The predicted octanol–water partition coefficient (Wildman–Crippen LogP) is 2.30.